The number of aryl methyl sites for hydroxylation is 1. The van der Waals surface area contributed by atoms with E-state index in [0.29, 0.717) is 23.4 Å². The smallest absolute Gasteiger partial charge is 0.264 e. The van der Waals surface area contributed by atoms with Crippen molar-refractivity contribution in [1.29, 1.82) is 0 Å². The first-order chi connectivity index (χ1) is 10.5. The third kappa shape index (κ3) is 2.62. The molecule has 0 fully saturated rings. The number of anilines is 1. The molecule has 1 unspecified atom stereocenters. The number of para-hydroxylation sites is 1. The Balaban J connectivity index is 2.13. The minimum absolute atomic E-state index is 0.287. The molecule has 0 aromatic heterocycles. The molecule has 5 heteroatoms. The van der Waals surface area contributed by atoms with E-state index in [1.54, 1.807) is 25.1 Å². The molecule has 0 bridgehead atoms. The summed E-state index contributed by atoms with van der Waals surface area (Å²) in [4.78, 5) is 0.321. The summed E-state index contributed by atoms with van der Waals surface area (Å²) in [5.41, 5.74) is 2.26. The molecule has 0 radical (unpaired) electrons. The zero-order valence-electron chi connectivity index (χ0n) is 12.4. The number of fused-ring (bicyclic) bond motifs is 1. The number of aliphatic hydroxyl groups excluding tert-OH is 1. The molecular weight excluding hydrogens is 298 g/mol. The minimum atomic E-state index is -3.63. The maximum absolute atomic E-state index is 13.1. The third-order valence-corrected chi connectivity index (χ3v) is 6.02. The van der Waals surface area contributed by atoms with E-state index in [0.717, 1.165) is 11.1 Å². The quantitative estimate of drug-likeness (QED) is 0.926. The Morgan fingerprint density at radius 3 is 2.55 bits per heavy atom. The Labute approximate surface area is 131 Å². The van der Waals surface area contributed by atoms with E-state index >= 15 is 0 Å². The zero-order chi connectivity index (χ0) is 15.7. The van der Waals surface area contributed by atoms with Crippen LogP contribution in [0.15, 0.2) is 53.4 Å². The van der Waals surface area contributed by atoms with Crippen LogP contribution in [0.3, 0.4) is 0 Å². The second-order valence-corrected chi connectivity index (χ2v) is 7.45. The lowest BCUT2D eigenvalue weighted by Gasteiger charge is -2.25. The molecule has 1 heterocycles. The van der Waals surface area contributed by atoms with E-state index in [1.807, 2.05) is 30.3 Å². The maximum atomic E-state index is 13.1. The molecule has 4 nitrogen and oxygen atoms in total. The molecule has 0 aliphatic carbocycles. The second-order valence-electron chi connectivity index (χ2n) is 5.62. The molecule has 1 aliphatic heterocycles. The lowest BCUT2D eigenvalue weighted by molar-refractivity contribution is 0.170. The minimum Gasteiger partial charge on any atom is -0.393 e. The Morgan fingerprint density at radius 1 is 1.09 bits per heavy atom. The van der Waals surface area contributed by atoms with Crippen molar-refractivity contribution in [2.45, 2.75) is 30.8 Å². The lowest BCUT2D eigenvalue weighted by atomic mass is 10.1. The molecule has 1 aliphatic rings. The van der Waals surface area contributed by atoms with Crippen LogP contribution in [0.5, 0.6) is 0 Å². The first-order valence-electron chi connectivity index (χ1n) is 7.34. The molecule has 22 heavy (non-hydrogen) atoms. The normalized spacial score (nSPS) is 18.6. The van der Waals surface area contributed by atoms with Gasteiger partial charge in [0.25, 0.3) is 10.0 Å². The highest BCUT2D eigenvalue weighted by atomic mass is 32.2. The summed E-state index contributed by atoms with van der Waals surface area (Å²) in [6.45, 7) is 2.08. The topological polar surface area (TPSA) is 57.6 Å². The summed E-state index contributed by atoms with van der Waals surface area (Å²) in [6.07, 6.45) is 0.397. The standard InChI is InChI=1S/C17H19NO3S/c1-13-6-2-5-9-17(13)22(20,21)18-11-10-15(19)12-14-7-3-4-8-16(14)18/h2-9,15,19H,10-12H2,1H3. The van der Waals surface area contributed by atoms with Crippen molar-refractivity contribution in [3.8, 4) is 0 Å². The monoisotopic (exact) mass is 317 g/mol. The van der Waals surface area contributed by atoms with Crippen LogP contribution < -0.4 is 4.31 Å². The molecule has 0 spiro atoms. The number of hydrogen-bond acceptors (Lipinski definition) is 3. The average Bonchev–Trinajstić information content (AvgIpc) is 2.66. The first-order valence-corrected chi connectivity index (χ1v) is 8.78. The van der Waals surface area contributed by atoms with Gasteiger partial charge in [-0.25, -0.2) is 8.42 Å². The van der Waals surface area contributed by atoms with Crippen LogP contribution in [-0.2, 0) is 16.4 Å². The van der Waals surface area contributed by atoms with Gasteiger partial charge in [-0.3, -0.25) is 4.31 Å². The number of rotatable bonds is 2. The van der Waals surface area contributed by atoms with Crippen molar-refractivity contribution >= 4 is 15.7 Å². The molecule has 3 rings (SSSR count). The number of aliphatic hydroxyl groups is 1. The summed E-state index contributed by atoms with van der Waals surface area (Å²) >= 11 is 0. The van der Waals surface area contributed by atoms with Gasteiger partial charge in [0.1, 0.15) is 0 Å². The molecule has 0 saturated carbocycles. The van der Waals surface area contributed by atoms with Crippen LogP contribution in [0.4, 0.5) is 5.69 Å². The van der Waals surface area contributed by atoms with Crippen molar-refractivity contribution in [3.63, 3.8) is 0 Å². The largest absolute Gasteiger partial charge is 0.393 e. The predicted molar refractivity (Wildman–Crippen MR) is 86.5 cm³/mol. The van der Waals surface area contributed by atoms with E-state index < -0.39 is 16.1 Å². The van der Waals surface area contributed by atoms with E-state index in [1.165, 1.54) is 4.31 Å². The number of hydrogen-bond donors (Lipinski definition) is 1. The SMILES string of the molecule is Cc1ccccc1S(=O)(=O)N1CCC(O)Cc2ccccc21. The molecule has 2 aromatic rings. The number of sulfonamides is 1. The number of benzene rings is 2. The van der Waals surface area contributed by atoms with Gasteiger partial charge >= 0.3 is 0 Å². The Bertz CT molecular complexity index is 786. The third-order valence-electron chi connectivity index (χ3n) is 4.04. The van der Waals surface area contributed by atoms with Gasteiger partial charge in [0.2, 0.25) is 0 Å². The molecule has 116 valence electrons. The molecule has 2 aromatic carbocycles. The van der Waals surface area contributed by atoms with Crippen LogP contribution in [0, 0.1) is 6.92 Å². The van der Waals surface area contributed by atoms with Crippen LogP contribution in [0.25, 0.3) is 0 Å². The predicted octanol–water partition coefficient (Wildman–Crippen LogP) is 2.50. The fourth-order valence-corrected chi connectivity index (χ4v) is 4.63. The molecule has 1 atom stereocenters. The van der Waals surface area contributed by atoms with Crippen LogP contribution >= 0.6 is 0 Å². The average molecular weight is 317 g/mol. The highest BCUT2D eigenvalue weighted by Crippen LogP contribution is 2.32. The zero-order valence-corrected chi connectivity index (χ0v) is 13.3. The van der Waals surface area contributed by atoms with Crippen molar-refractivity contribution in [1.82, 2.24) is 0 Å². The summed E-state index contributed by atoms with van der Waals surface area (Å²) in [6, 6.07) is 14.4. The second kappa shape index (κ2) is 5.74. The van der Waals surface area contributed by atoms with Gasteiger partial charge in [0.05, 0.1) is 16.7 Å². The Hall–Kier alpha value is -1.85. The van der Waals surface area contributed by atoms with Gasteiger partial charge in [-0.15, -0.1) is 0 Å². The molecule has 0 amide bonds. The van der Waals surface area contributed by atoms with Gasteiger partial charge in [-0.1, -0.05) is 36.4 Å². The number of nitrogens with zero attached hydrogens (tertiary/aromatic N) is 1. The van der Waals surface area contributed by atoms with Gasteiger partial charge in [0.15, 0.2) is 0 Å². The first kappa shape index (κ1) is 15.1. The summed E-state index contributed by atoms with van der Waals surface area (Å²) in [5.74, 6) is 0. The lowest BCUT2D eigenvalue weighted by Crippen LogP contribution is -2.33. The maximum Gasteiger partial charge on any atom is 0.264 e. The van der Waals surface area contributed by atoms with E-state index in [-0.39, 0.29) is 6.54 Å². The summed E-state index contributed by atoms with van der Waals surface area (Å²) in [5, 5.41) is 10.0. The van der Waals surface area contributed by atoms with Crippen molar-refractivity contribution in [2.75, 3.05) is 10.8 Å². The van der Waals surface area contributed by atoms with Crippen LogP contribution in [-0.4, -0.2) is 26.2 Å². The Morgan fingerprint density at radius 2 is 1.77 bits per heavy atom. The van der Waals surface area contributed by atoms with E-state index in [2.05, 4.69) is 0 Å². The highest BCUT2D eigenvalue weighted by molar-refractivity contribution is 7.92. The van der Waals surface area contributed by atoms with Crippen molar-refractivity contribution in [3.05, 3.63) is 59.7 Å². The van der Waals surface area contributed by atoms with Gasteiger partial charge in [-0.2, -0.15) is 0 Å². The van der Waals surface area contributed by atoms with Crippen molar-refractivity contribution in [2.24, 2.45) is 0 Å². The highest BCUT2D eigenvalue weighted by Gasteiger charge is 2.30. The summed E-state index contributed by atoms with van der Waals surface area (Å²) in [7, 11) is -3.63. The van der Waals surface area contributed by atoms with E-state index in [4.69, 9.17) is 0 Å². The van der Waals surface area contributed by atoms with Gasteiger partial charge in [-0.05, 0) is 36.6 Å². The fourth-order valence-electron chi connectivity index (χ4n) is 2.88. The molecule has 1 N–H and O–H groups in total. The molecule has 0 saturated heterocycles. The van der Waals surface area contributed by atoms with Gasteiger partial charge < -0.3 is 5.11 Å². The van der Waals surface area contributed by atoms with E-state index in [9.17, 15) is 13.5 Å². The Kier molecular flexibility index (Phi) is 3.93. The van der Waals surface area contributed by atoms with Crippen molar-refractivity contribution < 1.29 is 13.5 Å². The fraction of sp³-hybridized carbons (Fsp3) is 0.294. The van der Waals surface area contributed by atoms with Crippen LogP contribution in [0.2, 0.25) is 0 Å². The van der Waals surface area contributed by atoms with Gasteiger partial charge in [0, 0.05) is 13.0 Å². The molecular formula is C17H19NO3S. The summed E-state index contributed by atoms with van der Waals surface area (Å²) < 4.78 is 27.6. The van der Waals surface area contributed by atoms with Crippen LogP contribution in [0.1, 0.15) is 17.5 Å².